The van der Waals surface area contributed by atoms with Gasteiger partial charge in [-0.2, -0.15) is 0 Å². The Bertz CT molecular complexity index is 1320. The summed E-state index contributed by atoms with van der Waals surface area (Å²) < 4.78 is 33.1. The molecule has 0 saturated heterocycles. The number of rotatable bonds is 10. The summed E-state index contributed by atoms with van der Waals surface area (Å²) in [7, 11) is 0. The van der Waals surface area contributed by atoms with E-state index in [9.17, 15) is 0 Å². The number of anilines is 2. The highest BCUT2D eigenvalue weighted by Gasteiger charge is 2.23. The molecule has 4 rings (SSSR count). The van der Waals surface area contributed by atoms with Crippen LogP contribution in [0.15, 0.2) is 77.4 Å². The van der Waals surface area contributed by atoms with Crippen molar-refractivity contribution in [2.24, 2.45) is 5.73 Å². The molecule has 0 aliphatic heterocycles. The molecule has 1 heterocycles. The summed E-state index contributed by atoms with van der Waals surface area (Å²) in [5.41, 5.74) is 8.69. The smallest absolute Gasteiger partial charge is 0.214 e. The summed E-state index contributed by atoms with van der Waals surface area (Å²) in [6.07, 6.45) is 1.36. The minimum atomic E-state index is -0.530. The van der Waals surface area contributed by atoms with Crippen LogP contribution in [0.1, 0.15) is 32.2 Å². The Balaban J connectivity index is 1.79. The van der Waals surface area contributed by atoms with E-state index in [-0.39, 0.29) is 29.9 Å². The quantitative estimate of drug-likeness (QED) is 0.201. The summed E-state index contributed by atoms with van der Waals surface area (Å²) in [6, 6.07) is 19.8. The van der Waals surface area contributed by atoms with E-state index in [1.165, 1.54) is 0 Å². The number of aromatic nitrogens is 1. The van der Waals surface area contributed by atoms with Crippen LogP contribution in [0.3, 0.4) is 0 Å². The number of nitrogen functional groups attached to an aromatic ring is 1. The van der Waals surface area contributed by atoms with E-state index in [1.807, 2.05) is 51.1 Å². The molecule has 0 saturated carbocycles. The Morgan fingerprint density at radius 3 is 2.47 bits per heavy atom. The third-order valence-electron chi connectivity index (χ3n) is 5.36. The maximum Gasteiger partial charge on any atom is 0.214 e. The van der Waals surface area contributed by atoms with Gasteiger partial charge >= 0.3 is 0 Å². The molecule has 0 spiro atoms. The van der Waals surface area contributed by atoms with Crippen molar-refractivity contribution < 1.29 is 18.3 Å². The predicted molar refractivity (Wildman–Crippen MR) is 139 cm³/mol. The second-order valence-electron chi connectivity index (χ2n) is 8.39. The van der Waals surface area contributed by atoms with E-state index in [1.54, 1.807) is 47.6 Å². The van der Waals surface area contributed by atoms with Crippen LogP contribution in [0.5, 0.6) is 11.5 Å². The fraction of sp³-hybridized carbons (Fsp3) is 0.214. The Labute approximate surface area is 209 Å². The summed E-state index contributed by atoms with van der Waals surface area (Å²) in [5.74, 6) is 0.390. The fourth-order valence-electron chi connectivity index (χ4n) is 3.74. The molecule has 0 atom stereocenters. The van der Waals surface area contributed by atoms with E-state index in [4.69, 9.17) is 25.0 Å². The second kappa shape index (κ2) is 10.9. The summed E-state index contributed by atoms with van der Waals surface area (Å²) >= 11 is 0. The molecule has 0 bridgehead atoms. The lowest BCUT2D eigenvalue weighted by molar-refractivity contribution is 0.229. The van der Waals surface area contributed by atoms with Crippen molar-refractivity contribution in [1.82, 2.24) is 4.98 Å². The lowest BCUT2D eigenvalue weighted by atomic mass is 10.1. The average molecular weight is 489 g/mol. The molecule has 1 aromatic heterocycles. The number of nitrogens with zero attached hydrogens (tertiary/aromatic N) is 2. The molecule has 0 aliphatic carbocycles. The number of halogens is 1. The molecule has 0 amide bonds. The molecule has 0 fully saturated rings. The number of ether oxygens (including phenoxy) is 2. The first-order valence-electron chi connectivity index (χ1n) is 11.7. The Morgan fingerprint density at radius 1 is 1.11 bits per heavy atom. The van der Waals surface area contributed by atoms with Crippen LogP contribution in [-0.4, -0.2) is 23.5 Å². The van der Waals surface area contributed by atoms with Crippen molar-refractivity contribution in [1.29, 1.82) is 5.41 Å². The number of benzene rings is 3. The normalized spacial score (nSPS) is 10.9. The zero-order valence-electron chi connectivity index (χ0n) is 20.5. The topological polar surface area (TPSA) is 97.6 Å². The largest absolute Gasteiger partial charge is 0.494 e. The van der Waals surface area contributed by atoms with Gasteiger partial charge in [0, 0.05) is 28.9 Å². The maximum absolute atomic E-state index is 15.8. The van der Waals surface area contributed by atoms with Crippen molar-refractivity contribution in [2.75, 3.05) is 11.5 Å². The lowest BCUT2D eigenvalue weighted by Gasteiger charge is -2.26. The number of oxazole rings is 1. The highest BCUT2D eigenvalue weighted by molar-refractivity contribution is 5.95. The molecule has 3 N–H and O–H groups in total. The average Bonchev–Trinajstić information content (AvgIpc) is 3.34. The molecule has 4 aromatic rings. The van der Waals surface area contributed by atoms with Crippen molar-refractivity contribution in [3.63, 3.8) is 0 Å². The van der Waals surface area contributed by atoms with E-state index >= 15 is 4.39 Å². The minimum Gasteiger partial charge on any atom is -0.494 e. The van der Waals surface area contributed by atoms with Crippen molar-refractivity contribution in [3.05, 3.63) is 90.3 Å². The molecule has 186 valence electrons. The van der Waals surface area contributed by atoms with Gasteiger partial charge in [-0.3, -0.25) is 5.41 Å². The maximum atomic E-state index is 15.8. The number of hydrogen-bond donors (Lipinski definition) is 2. The number of nitrogens with one attached hydrogen (secondary N) is 1. The third kappa shape index (κ3) is 5.66. The molecule has 36 heavy (non-hydrogen) atoms. The number of hydrogen-bond acceptors (Lipinski definition) is 6. The van der Waals surface area contributed by atoms with Gasteiger partial charge in [0.05, 0.1) is 24.9 Å². The van der Waals surface area contributed by atoms with Crippen LogP contribution in [0.4, 0.5) is 15.8 Å². The highest BCUT2D eigenvalue weighted by Crippen LogP contribution is 2.38. The first-order valence-corrected chi connectivity index (χ1v) is 11.7. The monoisotopic (exact) mass is 488 g/mol. The Kier molecular flexibility index (Phi) is 7.53. The van der Waals surface area contributed by atoms with E-state index < -0.39 is 5.82 Å². The first-order chi connectivity index (χ1) is 17.4. The van der Waals surface area contributed by atoms with Crippen LogP contribution in [-0.2, 0) is 6.54 Å². The molecule has 3 aromatic carbocycles. The molecule has 0 unspecified atom stereocenters. The summed E-state index contributed by atoms with van der Waals surface area (Å²) in [4.78, 5) is 6.36. The highest BCUT2D eigenvalue weighted by atomic mass is 19.1. The van der Waals surface area contributed by atoms with Gasteiger partial charge in [0.1, 0.15) is 23.5 Å². The fourth-order valence-corrected chi connectivity index (χ4v) is 3.74. The third-order valence-corrected chi connectivity index (χ3v) is 5.36. The molecular weight excluding hydrogens is 459 g/mol. The van der Waals surface area contributed by atoms with Crippen LogP contribution >= 0.6 is 0 Å². The minimum absolute atomic E-state index is 0.0505. The van der Waals surface area contributed by atoms with E-state index in [0.717, 1.165) is 5.56 Å². The van der Waals surface area contributed by atoms with Crippen LogP contribution in [0.25, 0.3) is 11.3 Å². The van der Waals surface area contributed by atoms with Crippen molar-refractivity contribution in [3.8, 4) is 22.8 Å². The van der Waals surface area contributed by atoms with Crippen LogP contribution in [0.2, 0.25) is 0 Å². The molecule has 8 heteroatoms. The molecule has 7 nitrogen and oxygen atoms in total. The van der Waals surface area contributed by atoms with Gasteiger partial charge in [-0.25, -0.2) is 9.37 Å². The van der Waals surface area contributed by atoms with Gasteiger partial charge in [0.25, 0.3) is 0 Å². The lowest BCUT2D eigenvalue weighted by Crippen LogP contribution is -2.20. The van der Waals surface area contributed by atoms with Crippen LogP contribution < -0.4 is 20.1 Å². The van der Waals surface area contributed by atoms with Gasteiger partial charge in [0.2, 0.25) is 5.89 Å². The zero-order valence-corrected chi connectivity index (χ0v) is 20.5. The second-order valence-corrected chi connectivity index (χ2v) is 8.39. The summed E-state index contributed by atoms with van der Waals surface area (Å²) in [6.45, 7) is 6.09. The van der Waals surface area contributed by atoms with Gasteiger partial charge < -0.3 is 24.5 Å². The molecule has 0 radical (unpaired) electrons. The van der Waals surface area contributed by atoms with E-state index in [2.05, 4.69) is 4.98 Å². The molecular formula is C28H29FN4O3. The number of nitrogens with two attached hydrogens (primary N) is 1. The SMILES string of the molecule is CCOc1cc(OC(C)C)c(F)c(N(Cc2nc(-c3ccccc3)co2)c2ccc(C(=N)N)cc2)c1. The van der Waals surface area contributed by atoms with Crippen LogP contribution in [0, 0.1) is 11.2 Å². The van der Waals surface area contributed by atoms with Crippen molar-refractivity contribution in [2.45, 2.75) is 33.4 Å². The summed E-state index contributed by atoms with van der Waals surface area (Å²) in [5, 5.41) is 7.69. The van der Waals surface area contributed by atoms with Gasteiger partial charge in [-0.15, -0.1) is 0 Å². The Morgan fingerprint density at radius 2 is 1.83 bits per heavy atom. The van der Waals surface area contributed by atoms with Gasteiger partial charge in [0.15, 0.2) is 11.6 Å². The number of amidine groups is 1. The van der Waals surface area contributed by atoms with Gasteiger partial charge in [-0.1, -0.05) is 30.3 Å². The predicted octanol–water partition coefficient (Wildman–Crippen LogP) is 6.29. The zero-order chi connectivity index (χ0) is 25.7. The van der Waals surface area contributed by atoms with Crippen molar-refractivity contribution >= 4 is 17.2 Å². The van der Waals surface area contributed by atoms with E-state index in [0.29, 0.717) is 35.2 Å². The standard InChI is InChI=1S/C28H29FN4O3/c1-4-34-22-14-24(27(29)25(15-22)36-18(2)3)33(21-12-10-20(11-13-21)28(30)31)16-26-32-23(17-35-26)19-8-6-5-7-9-19/h5-15,17-18H,4,16H2,1-3H3,(H3,30,31). The molecule has 0 aliphatic rings. The van der Waals surface area contributed by atoms with Gasteiger partial charge in [-0.05, 0) is 45.0 Å². The Hall–Kier alpha value is -4.33. The first kappa shape index (κ1) is 24.8.